The number of piperidine rings is 1. The van der Waals surface area contributed by atoms with Crippen LogP contribution in [0.1, 0.15) is 38.7 Å². The molecule has 1 aromatic rings. The Labute approximate surface area is 146 Å². The van der Waals surface area contributed by atoms with E-state index < -0.39 is 0 Å². The molecule has 1 saturated heterocycles. The van der Waals surface area contributed by atoms with Crippen molar-refractivity contribution in [3.63, 3.8) is 0 Å². The summed E-state index contributed by atoms with van der Waals surface area (Å²) in [6.45, 7) is 9.12. The van der Waals surface area contributed by atoms with E-state index in [0.29, 0.717) is 12.6 Å². The van der Waals surface area contributed by atoms with Gasteiger partial charge < -0.3 is 15.4 Å². The molecule has 1 atom stereocenters. The third-order valence-corrected chi connectivity index (χ3v) is 4.60. The number of guanidine groups is 1. The molecule has 0 radical (unpaired) electrons. The van der Waals surface area contributed by atoms with Crippen molar-refractivity contribution in [2.24, 2.45) is 4.99 Å². The van der Waals surface area contributed by atoms with E-state index in [0.717, 1.165) is 36.9 Å². The Morgan fingerprint density at radius 2 is 2.08 bits per heavy atom. The zero-order chi connectivity index (χ0) is 17.2. The first-order valence-corrected chi connectivity index (χ1v) is 9.16. The van der Waals surface area contributed by atoms with Crippen molar-refractivity contribution in [3.05, 3.63) is 29.8 Å². The van der Waals surface area contributed by atoms with Gasteiger partial charge >= 0.3 is 0 Å². The maximum absolute atomic E-state index is 5.40. The number of para-hydroxylation sites is 1. The molecule has 0 bridgehead atoms. The average Bonchev–Trinajstić information content (AvgIpc) is 2.64. The SMILES string of the molecule is CCNC(=NCc1ccccc1OC)NCC1CCCCN1CC. The molecule has 0 saturated carbocycles. The summed E-state index contributed by atoms with van der Waals surface area (Å²) in [6, 6.07) is 8.66. The highest BCUT2D eigenvalue weighted by Crippen LogP contribution is 2.18. The molecule has 5 heteroatoms. The number of likely N-dealkylation sites (N-methyl/N-ethyl adjacent to an activating group) is 1. The van der Waals surface area contributed by atoms with Crippen LogP contribution >= 0.6 is 0 Å². The van der Waals surface area contributed by atoms with E-state index in [-0.39, 0.29) is 0 Å². The molecule has 1 fully saturated rings. The molecule has 1 unspecified atom stereocenters. The number of aliphatic imine (C=N–C) groups is 1. The minimum atomic E-state index is 0.610. The van der Waals surface area contributed by atoms with Crippen molar-refractivity contribution in [1.29, 1.82) is 0 Å². The second-order valence-corrected chi connectivity index (χ2v) is 6.17. The first-order valence-electron chi connectivity index (χ1n) is 9.16. The van der Waals surface area contributed by atoms with Crippen LogP contribution in [0.25, 0.3) is 0 Å². The number of nitrogens with one attached hydrogen (secondary N) is 2. The molecule has 0 aromatic heterocycles. The Morgan fingerprint density at radius 1 is 1.25 bits per heavy atom. The van der Waals surface area contributed by atoms with Crippen molar-refractivity contribution in [2.45, 2.75) is 45.7 Å². The zero-order valence-corrected chi connectivity index (χ0v) is 15.3. The summed E-state index contributed by atoms with van der Waals surface area (Å²) in [7, 11) is 1.70. The molecule has 24 heavy (non-hydrogen) atoms. The van der Waals surface area contributed by atoms with E-state index in [1.165, 1.54) is 25.8 Å². The van der Waals surface area contributed by atoms with Gasteiger partial charge in [0.2, 0.25) is 0 Å². The van der Waals surface area contributed by atoms with Gasteiger partial charge in [0.15, 0.2) is 5.96 Å². The van der Waals surface area contributed by atoms with Crippen molar-refractivity contribution in [2.75, 3.05) is 33.3 Å². The number of likely N-dealkylation sites (tertiary alicyclic amines) is 1. The smallest absolute Gasteiger partial charge is 0.191 e. The third-order valence-electron chi connectivity index (χ3n) is 4.60. The van der Waals surface area contributed by atoms with Crippen molar-refractivity contribution < 1.29 is 4.74 Å². The largest absolute Gasteiger partial charge is 0.496 e. The molecule has 0 aliphatic carbocycles. The monoisotopic (exact) mass is 332 g/mol. The molecule has 2 rings (SSSR count). The van der Waals surface area contributed by atoms with Gasteiger partial charge in [-0.25, -0.2) is 4.99 Å². The van der Waals surface area contributed by atoms with Gasteiger partial charge in [-0.3, -0.25) is 4.90 Å². The molecule has 1 heterocycles. The molecule has 0 spiro atoms. The van der Waals surface area contributed by atoms with Gasteiger partial charge in [-0.05, 0) is 38.9 Å². The van der Waals surface area contributed by atoms with Crippen LogP contribution in [-0.2, 0) is 6.54 Å². The van der Waals surface area contributed by atoms with Gasteiger partial charge in [0.25, 0.3) is 0 Å². The Balaban J connectivity index is 1.95. The number of methoxy groups -OCH3 is 1. The summed E-state index contributed by atoms with van der Waals surface area (Å²) in [6.07, 6.45) is 3.93. The lowest BCUT2D eigenvalue weighted by Gasteiger charge is -2.35. The van der Waals surface area contributed by atoms with Crippen LogP contribution in [0.3, 0.4) is 0 Å². The predicted molar refractivity (Wildman–Crippen MR) is 101 cm³/mol. The number of ether oxygens (including phenoxy) is 1. The zero-order valence-electron chi connectivity index (χ0n) is 15.3. The summed E-state index contributed by atoms with van der Waals surface area (Å²) in [5.41, 5.74) is 1.10. The van der Waals surface area contributed by atoms with Crippen molar-refractivity contribution in [1.82, 2.24) is 15.5 Å². The molecule has 134 valence electrons. The first-order chi connectivity index (χ1) is 11.8. The van der Waals surface area contributed by atoms with Gasteiger partial charge in [0, 0.05) is 24.7 Å². The van der Waals surface area contributed by atoms with Gasteiger partial charge in [-0.1, -0.05) is 31.5 Å². The molecular weight excluding hydrogens is 300 g/mol. The molecule has 1 aromatic carbocycles. The van der Waals surface area contributed by atoms with Crippen LogP contribution in [-0.4, -0.2) is 50.2 Å². The Morgan fingerprint density at radius 3 is 2.83 bits per heavy atom. The number of rotatable bonds is 7. The Kier molecular flexibility index (Phi) is 7.89. The average molecular weight is 332 g/mol. The molecule has 2 N–H and O–H groups in total. The van der Waals surface area contributed by atoms with Gasteiger partial charge in [-0.15, -0.1) is 0 Å². The lowest BCUT2D eigenvalue weighted by Crippen LogP contribution is -2.49. The van der Waals surface area contributed by atoms with E-state index in [1.54, 1.807) is 7.11 Å². The predicted octanol–water partition coefficient (Wildman–Crippen LogP) is 2.62. The van der Waals surface area contributed by atoms with Crippen LogP contribution in [0.2, 0.25) is 0 Å². The van der Waals surface area contributed by atoms with E-state index in [9.17, 15) is 0 Å². The van der Waals surface area contributed by atoms with Crippen LogP contribution in [0.15, 0.2) is 29.3 Å². The number of hydrogen-bond donors (Lipinski definition) is 2. The fourth-order valence-corrected chi connectivity index (χ4v) is 3.26. The van der Waals surface area contributed by atoms with E-state index in [1.807, 2.05) is 18.2 Å². The maximum atomic E-state index is 5.40. The fourth-order valence-electron chi connectivity index (χ4n) is 3.26. The first kappa shape index (κ1) is 18.6. The molecule has 1 aliphatic heterocycles. The second-order valence-electron chi connectivity index (χ2n) is 6.17. The standard InChI is InChI=1S/C19H32N4O/c1-4-20-19(21-14-16-10-6-7-12-18(16)24-3)22-15-17-11-8-9-13-23(17)5-2/h6-7,10,12,17H,4-5,8-9,11,13-15H2,1-3H3,(H2,20,21,22). The summed E-state index contributed by atoms with van der Waals surface area (Å²) < 4.78 is 5.40. The van der Waals surface area contributed by atoms with Crippen LogP contribution in [0.4, 0.5) is 0 Å². The summed E-state index contributed by atoms with van der Waals surface area (Å²) >= 11 is 0. The highest BCUT2D eigenvalue weighted by molar-refractivity contribution is 5.79. The second kappa shape index (κ2) is 10.2. The van der Waals surface area contributed by atoms with E-state index in [4.69, 9.17) is 9.73 Å². The number of hydrogen-bond acceptors (Lipinski definition) is 3. The summed E-state index contributed by atoms with van der Waals surface area (Å²) in [5, 5.41) is 6.86. The van der Waals surface area contributed by atoms with Crippen molar-refractivity contribution in [3.8, 4) is 5.75 Å². The quantitative estimate of drug-likeness (QED) is 0.595. The Hall–Kier alpha value is -1.75. The molecule has 5 nitrogen and oxygen atoms in total. The van der Waals surface area contributed by atoms with Gasteiger partial charge in [-0.2, -0.15) is 0 Å². The maximum Gasteiger partial charge on any atom is 0.191 e. The van der Waals surface area contributed by atoms with Crippen LogP contribution < -0.4 is 15.4 Å². The Bertz CT molecular complexity index is 518. The van der Waals surface area contributed by atoms with Gasteiger partial charge in [0.05, 0.1) is 13.7 Å². The lowest BCUT2D eigenvalue weighted by molar-refractivity contribution is 0.157. The summed E-state index contributed by atoms with van der Waals surface area (Å²) in [5.74, 6) is 1.77. The van der Waals surface area contributed by atoms with Crippen molar-refractivity contribution >= 4 is 5.96 Å². The van der Waals surface area contributed by atoms with Crippen LogP contribution in [0.5, 0.6) is 5.75 Å². The van der Waals surface area contributed by atoms with E-state index in [2.05, 4.69) is 35.4 Å². The minimum Gasteiger partial charge on any atom is -0.496 e. The number of benzene rings is 1. The molecule has 1 aliphatic rings. The number of nitrogens with zero attached hydrogens (tertiary/aromatic N) is 2. The molecular formula is C19H32N4O. The normalized spacial score (nSPS) is 19.1. The minimum absolute atomic E-state index is 0.610. The lowest BCUT2D eigenvalue weighted by atomic mass is 10.0. The highest BCUT2D eigenvalue weighted by Gasteiger charge is 2.20. The molecule has 0 amide bonds. The van der Waals surface area contributed by atoms with E-state index >= 15 is 0 Å². The topological polar surface area (TPSA) is 48.9 Å². The van der Waals surface area contributed by atoms with Gasteiger partial charge in [0.1, 0.15) is 5.75 Å². The highest BCUT2D eigenvalue weighted by atomic mass is 16.5. The summed E-state index contributed by atoms with van der Waals surface area (Å²) in [4.78, 5) is 7.29. The van der Waals surface area contributed by atoms with Crippen LogP contribution in [0, 0.1) is 0 Å². The fraction of sp³-hybridized carbons (Fsp3) is 0.632. The third kappa shape index (κ3) is 5.41.